The van der Waals surface area contributed by atoms with Gasteiger partial charge in [-0.05, 0) is 31.1 Å². The quantitative estimate of drug-likeness (QED) is 0.668. The van der Waals surface area contributed by atoms with Crippen molar-refractivity contribution in [2.24, 2.45) is 11.8 Å². The van der Waals surface area contributed by atoms with Crippen LogP contribution in [-0.4, -0.2) is 25.4 Å². The molecule has 0 bridgehead atoms. The zero-order chi connectivity index (χ0) is 10.1. The van der Waals surface area contributed by atoms with Gasteiger partial charge in [0.15, 0.2) is 0 Å². The highest BCUT2D eigenvalue weighted by molar-refractivity contribution is 4.84. The summed E-state index contributed by atoms with van der Waals surface area (Å²) < 4.78 is 11.1. The van der Waals surface area contributed by atoms with Gasteiger partial charge in [0.25, 0.3) is 0 Å². The Bertz CT molecular complexity index is 213. The lowest BCUT2D eigenvalue weighted by molar-refractivity contribution is -0.0181. The molecule has 2 aliphatic carbocycles. The van der Waals surface area contributed by atoms with Gasteiger partial charge in [-0.2, -0.15) is 0 Å². The van der Waals surface area contributed by atoms with Crippen molar-refractivity contribution in [1.29, 1.82) is 0 Å². The summed E-state index contributed by atoms with van der Waals surface area (Å²) in [5.74, 6) is 2.02. The van der Waals surface area contributed by atoms with Gasteiger partial charge < -0.3 is 9.47 Å². The van der Waals surface area contributed by atoms with Gasteiger partial charge in [0.1, 0.15) is 6.10 Å². The van der Waals surface area contributed by atoms with Gasteiger partial charge >= 0.3 is 0 Å². The summed E-state index contributed by atoms with van der Waals surface area (Å²) in [7, 11) is 0. The van der Waals surface area contributed by atoms with Crippen molar-refractivity contribution in [3.05, 3.63) is 0 Å². The van der Waals surface area contributed by atoms with Crippen molar-refractivity contribution in [2.75, 3.05) is 13.2 Å². The first-order chi connectivity index (χ1) is 7.42. The number of hydrogen-bond acceptors (Lipinski definition) is 2. The van der Waals surface area contributed by atoms with Crippen molar-refractivity contribution in [2.45, 2.75) is 57.2 Å². The molecule has 0 amide bonds. The lowest BCUT2D eigenvalue weighted by atomic mass is 9.70. The molecular weight excluding hydrogens is 188 g/mol. The van der Waals surface area contributed by atoms with E-state index in [0.717, 1.165) is 25.0 Å². The zero-order valence-electron chi connectivity index (χ0n) is 9.49. The molecule has 1 aliphatic heterocycles. The van der Waals surface area contributed by atoms with Gasteiger partial charge in [0.2, 0.25) is 0 Å². The van der Waals surface area contributed by atoms with E-state index in [1.165, 1.54) is 44.9 Å². The van der Waals surface area contributed by atoms with Crippen molar-refractivity contribution in [1.82, 2.24) is 0 Å². The first-order valence-electron chi connectivity index (χ1n) is 6.65. The van der Waals surface area contributed by atoms with Crippen molar-refractivity contribution >= 4 is 0 Å². The van der Waals surface area contributed by atoms with Gasteiger partial charge in [-0.3, -0.25) is 0 Å². The Morgan fingerprint density at radius 2 is 1.80 bits per heavy atom. The average Bonchev–Trinajstić information content (AvgIpc) is 3.10. The minimum atomic E-state index is 0.439. The summed E-state index contributed by atoms with van der Waals surface area (Å²) >= 11 is 0. The van der Waals surface area contributed by atoms with Crippen LogP contribution in [0.15, 0.2) is 0 Å². The highest BCUT2D eigenvalue weighted by Crippen LogP contribution is 2.41. The second-order valence-corrected chi connectivity index (χ2v) is 5.53. The lowest BCUT2D eigenvalue weighted by Gasteiger charge is -2.39. The van der Waals surface area contributed by atoms with Crippen LogP contribution in [0.5, 0.6) is 0 Å². The Balaban J connectivity index is 1.46. The molecule has 1 saturated heterocycles. The molecule has 0 N–H and O–H groups in total. The van der Waals surface area contributed by atoms with E-state index in [-0.39, 0.29) is 0 Å². The molecule has 2 saturated carbocycles. The first kappa shape index (κ1) is 10.1. The standard InChI is InChI=1S/C13H22O2/c1-2-4-11-7-12(6-5-10(11)3-1)14-8-13-9-15-13/h10-13H,1-9H2. The average molecular weight is 210 g/mol. The number of epoxide rings is 1. The van der Waals surface area contributed by atoms with Crippen LogP contribution < -0.4 is 0 Å². The summed E-state index contributed by atoms with van der Waals surface area (Å²) in [6.45, 7) is 1.78. The zero-order valence-corrected chi connectivity index (χ0v) is 9.49. The predicted octanol–water partition coefficient (Wildman–Crippen LogP) is 2.76. The van der Waals surface area contributed by atoms with Crippen molar-refractivity contribution in [3.63, 3.8) is 0 Å². The summed E-state index contributed by atoms with van der Waals surface area (Å²) in [5, 5.41) is 0. The third kappa shape index (κ3) is 2.54. The molecule has 0 aromatic carbocycles. The SMILES string of the molecule is C1CCC2CC(OCC3CO3)CCC2C1. The van der Waals surface area contributed by atoms with Crippen LogP contribution in [0.2, 0.25) is 0 Å². The number of ether oxygens (including phenoxy) is 2. The summed E-state index contributed by atoms with van der Waals surface area (Å²) in [4.78, 5) is 0. The van der Waals surface area contributed by atoms with E-state index >= 15 is 0 Å². The van der Waals surface area contributed by atoms with Gasteiger partial charge in [-0.25, -0.2) is 0 Å². The Morgan fingerprint density at radius 1 is 1.00 bits per heavy atom. The third-order valence-corrected chi connectivity index (χ3v) is 4.41. The van der Waals surface area contributed by atoms with Gasteiger partial charge in [-0.15, -0.1) is 0 Å². The van der Waals surface area contributed by atoms with E-state index in [4.69, 9.17) is 9.47 Å². The van der Waals surface area contributed by atoms with Crippen LogP contribution in [0.4, 0.5) is 0 Å². The largest absolute Gasteiger partial charge is 0.375 e. The highest BCUT2D eigenvalue weighted by atomic mass is 16.6. The Morgan fingerprint density at radius 3 is 2.60 bits per heavy atom. The smallest absolute Gasteiger partial charge is 0.104 e. The second-order valence-electron chi connectivity index (χ2n) is 5.53. The number of fused-ring (bicyclic) bond motifs is 1. The van der Waals surface area contributed by atoms with Gasteiger partial charge in [-0.1, -0.05) is 25.7 Å². The molecular formula is C13H22O2. The molecule has 2 nitrogen and oxygen atoms in total. The maximum atomic E-state index is 5.93. The fourth-order valence-electron chi connectivity index (χ4n) is 3.39. The molecule has 15 heavy (non-hydrogen) atoms. The molecule has 1 heterocycles. The molecule has 2 heteroatoms. The van der Waals surface area contributed by atoms with Crippen LogP contribution in [0.1, 0.15) is 44.9 Å². The molecule has 3 rings (SSSR count). The molecule has 0 aromatic heterocycles. The Labute approximate surface area is 92.3 Å². The van der Waals surface area contributed by atoms with E-state index in [9.17, 15) is 0 Å². The van der Waals surface area contributed by atoms with E-state index in [2.05, 4.69) is 0 Å². The second kappa shape index (κ2) is 4.42. The van der Waals surface area contributed by atoms with Crippen LogP contribution >= 0.6 is 0 Å². The van der Waals surface area contributed by atoms with Gasteiger partial charge in [0, 0.05) is 0 Å². The number of rotatable bonds is 3. The normalized spacial score (nSPS) is 44.8. The maximum Gasteiger partial charge on any atom is 0.104 e. The van der Waals surface area contributed by atoms with Crippen LogP contribution in [-0.2, 0) is 9.47 Å². The molecule has 0 spiro atoms. The summed E-state index contributed by atoms with van der Waals surface area (Å²) in [5.41, 5.74) is 0. The predicted molar refractivity (Wildman–Crippen MR) is 58.8 cm³/mol. The fourth-order valence-corrected chi connectivity index (χ4v) is 3.39. The van der Waals surface area contributed by atoms with Crippen molar-refractivity contribution in [3.8, 4) is 0 Å². The van der Waals surface area contributed by atoms with E-state index in [1.807, 2.05) is 0 Å². The Hall–Kier alpha value is -0.0800. The minimum Gasteiger partial charge on any atom is -0.375 e. The van der Waals surface area contributed by atoms with Gasteiger partial charge in [0.05, 0.1) is 19.3 Å². The number of hydrogen-bond donors (Lipinski definition) is 0. The van der Waals surface area contributed by atoms with Crippen molar-refractivity contribution < 1.29 is 9.47 Å². The molecule has 3 aliphatic rings. The molecule has 0 aromatic rings. The van der Waals surface area contributed by atoms with E-state index in [1.54, 1.807) is 0 Å². The lowest BCUT2D eigenvalue weighted by Crippen LogP contribution is -2.32. The minimum absolute atomic E-state index is 0.439. The molecule has 3 fully saturated rings. The molecule has 4 unspecified atom stereocenters. The fraction of sp³-hybridized carbons (Fsp3) is 1.00. The van der Waals surface area contributed by atoms with Crippen LogP contribution in [0.25, 0.3) is 0 Å². The van der Waals surface area contributed by atoms with E-state index in [0.29, 0.717) is 12.2 Å². The first-order valence-corrected chi connectivity index (χ1v) is 6.65. The monoisotopic (exact) mass is 210 g/mol. The summed E-state index contributed by atoms with van der Waals surface area (Å²) in [6, 6.07) is 0. The Kier molecular flexibility index (Phi) is 2.98. The molecule has 4 atom stereocenters. The maximum absolute atomic E-state index is 5.93. The van der Waals surface area contributed by atoms with E-state index < -0.39 is 0 Å². The highest BCUT2D eigenvalue weighted by Gasteiger charge is 2.33. The third-order valence-electron chi connectivity index (χ3n) is 4.41. The summed E-state index contributed by atoms with van der Waals surface area (Å²) in [6.07, 6.45) is 10.9. The van der Waals surface area contributed by atoms with Crippen LogP contribution in [0, 0.1) is 11.8 Å². The topological polar surface area (TPSA) is 21.8 Å². The molecule has 86 valence electrons. The van der Waals surface area contributed by atoms with Crippen LogP contribution in [0.3, 0.4) is 0 Å². The molecule has 0 radical (unpaired) electrons.